The lowest BCUT2D eigenvalue weighted by Gasteiger charge is -2.31. The molecule has 1 aromatic rings. The predicted molar refractivity (Wildman–Crippen MR) is 65.8 cm³/mol. The molecule has 16 heavy (non-hydrogen) atoms. The Labute approximate surface area is 96.4 Å². The van der Waals surface area contributed by atoms with Crippen LogP contribution in [0.4, 0.5) is 4.39 Å². The number of likely N-dealkylation sites (N-methyl/N-ethyl adjacent to an activating group) is 1. The van der Waals surface area contributed by atoms with Crippen molar-refractivity contribution in [1.82, 2.24) is 5.32 Å². The largest absolute Gasteiger partial charge is 0.311 e. The first kappa shape index (κ1) is 11.3. The second-order valence-corrected chi connectivity index (χ2v) is 4.80. The van der Waals surface area contributed by atoms with Gasteiger partial charge in [0.05, 0.1) is 0 Å². The van der Waals surface area contributed by atoms with E-state index in [1.54, 1.807) is 12.1 Å². The Bertz CT molecular complexity index is 432. The molecular weight excluding hydrogens is 201 g/mol. The average Bonchev–Trinajstić information content (AvgIpc) is 2.29. The van der Waals surface area contributed by atoms with Crippen molar-refractivity contribution in [2.24, 2.45) is 0 Å². The molecule has 0 aliphatic heterocycles. The van der Waals surface area contributed by atoms with Crippen LogP contribution >= 0.6 is 0 Å². The van der Waals surface area contributed by atoms with Gasteiger partial charge in [0.1, 0.15) is 5.82 Å². The van der Waals surface area contributed by atoms with Gasteiger partial charge in [0.15, 0.2) is 0 Å². The lowest BCUT2D eigenvalue weighted by Crippen LogP contribution is -2.38. The minimum absolute atomic E-state index is 0.0741. The van der Waals surface area contributed by atoms with Crippen LogP contribution in [-0.2, 0) is 6.42 Å². The first-order valence-corrected chi connectivity index (χ1v) is 5.73. The van der Waals surface area contributed by atoms with Crippen LogP contribution in [0.25, 0.3) is 5.57 Å². The van der Waals surface area contributed by atoms with Crippen molar-refractivity contribution in [3.63, 3.8) is 0 Å². The molecule has 2 rings (SSSR count). The number of hydrogen-bond acceptors (Lipinski definition) is 1. The molecule has 1 aromatic carbocycles. The van der Waals surface area contributed by atoms with Crippen LogP contribution < -0.4 is 5.32 Å². The van der Waals surface area contributed by atoms with Gasteiger partial charge in [-0.3, -0.25) is 0 Å². The normalized spacial score (nSPS) is 15.6. The van der Waals surface area contributed by atoms with Crippen LogP contribution in [0.2, 0.25) is 0 Å². The van der Waals surface area contributed by atoms with E-state index in [0.29, 0.717) is 0 Å². The molecule has 0 radical (unpaired) electrons. The number of allylic oxidation sites excluding steroid dienone is 1. The van der Waals surface area contributed by atoms with E-state index >= 15 is 0 Å². The topological polar surface area (TPSA) is 12.0 Å². The summed E-state index contributed by atoms with van der Waals surface area (Å²) in [5.41, 5.74) is 3.02. The van der Waals surface area contributed by atoms with E-state index in [1.807, 2.05) is 13.1 Å². The van der Waals surface area contributed by atoms with E-state index in [2.05, 4.69) is 25.2 Å². The fraction of sp³-hybridized carbons (Fsp3) is 0.429. The maximum Gasteiger partial charge on any atom is 0.127 e. The van der Waals surface area contributed by atoms with Gasteiger partial charge >= 0.3 is 0 Å². The zero-order valence-electron chi connectivity index (χ0n) is 10.1. The van der Waals surface area contributed by atoms with Gasteiger partial charge in [0.25, 0.3) is 0 Å². The molecule has 0 unspecified atom stereocenters. The van der Waals surface area contributed by atoms with Crippen LogP contribution in [-0.4, -0.2) is 12.6 Å². The van der Waals surface area contributed by atoms with Crippen LogP contribution in [0.5, 0.6) is 0 Å². The molecule has 0 saturated carbocycles. The van der Waals surface area contributed by atoms with Crippen LogP contribution in [0, 0.1) is 5.82 Å². The second-order valence-electron chi connectivity index (χ2n) is 4.80. The molecule has 1 aliphatic rings. The Balaban J connectivity index is 2.53. The monoisotopic (exact) mass is 219 g/mol. The number of nitrogens with one attached hydrogen (secondary N) is 1. The summed E-state index contributed by atoms with van der Waals surface area (Å²) in [6.45, 7) is 4.25. The van der Waals surface area contributed by atoms with E-state index < -0.39 is 0 Å². The highest BCUT2D eigenvalue weighted by Crippen LogP contribution is 2.34. The smallest absolute Gasteiger partial charge is 0.127 e. The first-order chi connectivity index (χ1) is 7.56. The third kappa shape index (κ3) is 1.78. The minimum Gasteiger partial charge on any atom is -0.311 e. The van der Waals surface area contributed by atoms with Gasteiger partial charge in [-0.1, -0.05) is 18.2 Å². The highest BCUT2D eigenvalue weighted by Gasteiger charge is 2.26. The van der Waals surface area contributed by atoms with Crippen molar-refractivity contribution < 1.29 is 4.39 Å². The van der Waals surface area contributed by atoms with Crippen LogP contribution in [0.3, 0.4) is 0 Å². The number of hydrogen-bond donors (Lipinski definition) is 1. The molecule has 2 heteroatoms. The lowest BCUT2D eigenvalue weighted by molar-refractivity contribution is 0.538. The fourth-order valence-electron chi connectivity index (χ4n) is 2.26. The molecular formula is C14H18FN. The minimum atomic E-state index is -0.108. The summed E-state index contributed by atoms with van der Waals surface area (Å²) in [7, 11) is 1.94. The van der Waals surface area contributed by atoms with Crippen molar-refractivity contribution in [2.45, 2.75) is 32.2 Å². The van der Waals surface area contributed by atoms with Crippen molar-refractivity contribution in [1.29, 1.82) is 0 Å². The highest BCUT2D eigenvalue weighted by molar-refractivity contribution is 5.76. The van der Waals surface area contributed by atoms with Crippen molar-refractivity contribution in [2.75, 3.05) is 7.05 Å². The number of fused-ring (bicyclic) bond motifs is 1. The van der Waals surface area contributed by atoms with Gasteiger partial charge < -0.3 is 5.32 Å². The summed E-state index contributed by atoms with van der Waals surface area (Å²) in [4.78, 5) is 0. The Morgan fingerprint density at radius 3 is 2.75 bits per heavy atom. The molecule has 1 nitrogen and oxygen atoms in total. The van der Waals surface area contributed by atoms with Crippen molar-refractivity contribution in [3.8, 4) is 0 Å². The van der Waals surface area contributed by atoms with E-state index in [1.165, 1.54) is 5.57 Å². The summed E-state index contributed by atoms with van der Waals surface area (Å²) in [5.74, 6) is -0.0741. The standard InChI is InChI=1S/C14H18FN/c1-14(2,16-3)12-8-4-7-11-10(12)6-5-9-13(11)15/h5-6,8-9,16H,4,7H2,1-3H3. The third-order valence-electron chi connectivity index (χ3n) is 3.45. The number of benzene rings is 1. The molecule has 86 valence electrons. The lowest BCUT2D eigenvalue weighted by atomic mass is 9.81. The number of halogens is 1. The van der Waals surface area contributed by atoms with Gasteiger partial charge in [-0.25, -0.2) is 4.39 Å². The maximum absolute atomic E-state index is 13.7. The quantitative estimate of drug-likeness (QED) is 0.805. The maximum atomic E-state index is 13.7. The molecule has 0 saturated heterocycles. The second kappa shape index (κ2) is 4.02. The zero-order chi connectivity index (χ0) is 11.8. The van der Waals surface area contributed by atoms with Crippen LogP contribution in [0.1, 0.15) is 31.4 Å². The van der Waals surface area contributed by atoms with Gasteiger partial charge in [-0.15, -0.1) is 0 Å². The Morgan fingerprint density at radius 1 is 1.31 bits per heavy atom. The Hall–Kier alpha value is -1.15. The van der Waals surface area contributed by atoms with Gasteiger partial charge in [0, 0.05) is 5.54 Å². The Kier molecular flexibility index (Phi) is 2.85. The van der Waals surface area contributed by atoms with Gasteiger partial charge in [0.2, 0.25) is 0 Å². The highest BCUT2D eigenvalue weighted by atomic mass is 19.1. The van der Waals surface area contributed by atoms with Gasteiger partial charge in [-0.05, 0) is 56.5 Å². The van der Waals surface area contributed by atoms with E-state index in [0.717, 1.165) is 24.0 Å². The van der Waals surface area contributed by atoms with Crippen molar-refractivity contribution in [3.05, 3.63) is 41.2 Å². The third-order valence-corrected chi connectivity index (χ3v) is 3.45. The predicted octanol–water partition coefficient (Wildman–Crippen LogP) is 3.15. The zero-order valence-corrected chi connectivity index (χ0v) is 10.1. The van der Waals surface area contributed by atoms with Gasteiger partial charge in [-0.2, -0.15) is 0 Å². The molecule has 0 heterocycles. The first-order valence-electron chi connectivity index (χ1n) is 5.73. The fourth-order valence-corrected chi connectivity index (χ4v) is 2.26. The van der Waals surface area contributed by atoms with Crippen LogP contribution in [0.15, 0.2) is 24.3 Å². The van der Waals surface area contributed by atoms with E-state index in [9.17, 15) is 4.39 Å². The van der Waals surface area contributed by atoms with Crippen molar-refractivity contribution >= 4 is 5.57 Å². The summed E-state index contributed by atoms with van der Waals surface area (Å²) >= 11 is 0. The van der Waals surface area contributed by atoms with E-state index in [-0.39, 0.29) is 11.4 Å². The summed E-state index contributed by atoms with van der Waals surface area (Å²) < 4.78 is 13.7. The molecule has 1 aliphatic carbocycles. The molecule has 1 N–H and O–H groups in total. The summed E-state index contributed by atoms with van der Waals surface area (Å²) in [5, 5.41) is 3.28. The van der Waals surface area contributed by atoms with E-state index in [4.69, 9.17) is 0 Å². The number of rotatable bonds is 2. The summed E-state index contributed by atoms with van der Waals surface area (Å²) in [6, 6.07) is 5.36. The SMILES string of the molecule is CNC(C)(C)C1=CCCc2c(F)cccc21. The summed E-state index contributed by atoms with van der Waals surface area (Å²) in [6.07, 6.45) is 3.96. The Morgan fingerprint density at radius 2 is 2.06 bits per heavy atom. The molecule has 0 aromatic heterocycles. The molecule has 0 fully saturated rings. The molecule has 0 atom stereocenters. The average molecular weight is 219 g/mol. The molecule has 0 bridgehead atoms. The molecule has 0 amide bonds. The molecule has 0 spiro atoms.